The predicted molar refractivity (Wildman–Crippen MR) is 66.1 cm³/mol. The number of rotatable bonds is 8. The fourth-order valence-electron chi connectivity index (χ4n) is 1.78. The Balaban J connectivity index is 2.33. The molecule has 0 aliphatic rings. The number of carboxylic acid groups (broad SMARTS) is 1. The van der Waals surface area contributed by atoms with Gasteiger partial charge in [0, 0.05) is 18.9 Å². The molecule has 1 heterocycles. The second-order valence-corrected chi connectivity index (χ2v) is 4.23. The highest BCUT2D eigenvalue weighted by Crippen LogP contribution is 2.06. The van der Waals surface area contributed by atoms with Gasteiger partial charge in [-0.1, -0.05) is 13.3 Å². The summed E-state index contributed by atoms with van der Waals surface area (Å²) in [6.45, 7) is 1.96. The molecular weight excluding hydrogens is 234 g/mol. The minimum absolute atomic E-state index is 0.0274. The van der Waals surface area contributed by atoms with E-state index < -0.39 is 5.97 Å². The van der Waals surface area contributed by atoms with Crippen LogP contribution in [-0.2, 0) is 16.0 Å². The van der Waals surface area contributed by atoms with Gasteiger partial charge < -0.3 is 14.8 Å². The molecule has 0 radical (unpaired) electrons. The Morgan fingerprint density at radius 2 is 2.28 bits per heavy atom. The van der Waals surface area contributed by atoms with E-state index in [1.807, 2.05) is 13.0 Å². The molecular formula is C13H19NO4. The average molecular weight is 253 g/mol. The number of aryl methyl sites for hydroxylation is 1. The molecule has 0 saturated carbocycles. The Morgan fingerprint density at radius 3 is 2.83 bits per heavy atom. The molecule has 0 spiro atoms. The molecule has 1 atom stereocenters. The van der Waals surface area contributed by atoms with Crippen molar-refractivity contribution in [2.45, 2.75) is 45.1 Å². The Labute approximate surface area is 106 Å². The molecule has 0 saturated heterocycles. The summed E-state index contributed by atoms with van der Waals surface area (Å²) in [6.07, 6.45) is 3.91. The van der Waals surface area contributed by atoms with Crippen LogP contribution in [0.4, 0.5) is 0 Å². The van der Waals surface area contributed by atoms with E-state index in [-0.39, 0.29) is 18.4 Å². The molecule has 0 fully saturated rings. The van der Waals surface area contributed by atoms with E-state index in [1.165, 1.54) is 0 Å². The number of hydrogen-bond donors (Lipinski definition) is 2. The molecule has 1 aromatic rings. The van der Waals surface area contributed by atoms with Crippen LogP contribution < -0.4 is 5.32 Å². The van der Waals surface area contributed by atoms with E-state index in [4.69, 9.17) is 9.52 Å². The molecule has 1 unspecified atom stereocenters. The van der Waals surface area contributed by atoms with Crippen LogP contribution in [0.25, 0.3) is 0 Å². The van der Waals surface area contributed by atoms with Crippen LogP contribution in [0.5, 0.6) is 0 Å². The van der Waals surface area contributed by atoms with Gasteiger partial charge in [-0.05, 0) is 18.6 Å². The summed E-state index contributed by atoms with van der Waals surface area (Å²) in [5, 5.41) is 11.5. The predicted octanol–water partition coefficient (Wildman–Crippen LogP) is 1.97. The number of amides is 1. The van der Waals surface area contributed by atoms with E-state index in [0.717, 1.165) is 12.2 Å². The first-order valence-corrected chi connectivity index (χ1v) is 6.15. The van der Waals surface area contributed by atoms with Crippen molar-refractivity contribution in [1.29, 1.82) is 0 Å². The van der Waals surface area contributed by atoms with Crippen LogP contribution in [0.2, 0.25) is 0 Å². The summed E-state index contributed by atoms with van der Waals surface area (Å²) in [5.41, 5.74) is 0. The van der Waals surface area contributed by atoms with Gasteiger partial charge in [0.25, 0.3) is 0 Å². The maximum Gasteiger partial charge on any atom is 0.305 e. The average Bonchev–Trinajstić information content (AvgIpc) is 2.78. The SMILES string of the molecule is CCCC(CC(=O)O)NC(=O)CCc1ccco1. The van der Waals surface area contributed by atoms with Crippen molar-refractivity contribution in [3.8, 4) is 0 Å². The van der Waals surface area contributed by atoms with E-state index in [1.54, 1.807) is 12.3 Å². The van der Waals surface area contributed by atoms with Crippen molar-refractivity contribution in [3.63, 3.8) is 0 Å². The third-order valence-corrected chi connectivity index (χ3v) is 2.60. The zero-order chi connectivity index (χ0) is 13.4. The molecule has 18 heavy (non-hydrogen) atoms. The first kappa shape index (κ1) is 14.3. The Hall–Kier alpha value is -1.78. The van der Waals surface area contributed by atoms with Gasteiger partial charge in [0.1, 0.15) is 5.76 Å². The van der Waals surface area contributed by atoms with Crippen LogP contribution in [0.1, 0.15) is 38.4 Å². The molecule has 0 bridgehead atoms. The standard InChI is InChI=1S/C13H19NO4/c1-2-4-10(9-13(16)17)14-12(15)7-6-11-5-3-8-18-11/h3,5,8,10H,2,4,6-7,9H2,1H3,(H,14,15)(H,16,17). The highest BCUT2D eigenvalue weighted by atomic mass is 16.4. The molecule has 0 aliphatic carbocycles. The summed E-state index contributed by atoms with van der Waals surface area (Å²) < 4.78 is 5.13. The fourth-order valence-corrected chi connectivity index (χ4v) is 1.78. The van der Waals surface area contributed by atoms with Gasteiger partial charge in [0.2, 0.25) is 5.91 Å². The third-order valence-electron chi connectivity index (χ3n) is 2.60. The summed E-state index contributed by atoms with van der Waals surface area (Å²) in [6, 6.07) is 3.31. The van der Waals surface area contributed by atoms with E-state index >= 15 is 0 Å². The first-order chi connectivity index (χ1) is 8.61. The molecule has 0 aliphatic heterocycles. The van der Waals surface area contributed by atoms with Crippen molar-refractivity contribution in [3.05, 3.63) is 24.2 Å². The zero-order valence-electron chi connectivity index (χ0n) is 10.5. The highest BCUT2D eigenvalue weighted by Gasteiger charge is 2.15. The van der Waals surface area contributed by atoms with Gasteiger partial charge in [-0.3, -0.25) is 9.59 Å². The number of aliphatic carboxylic acids is 1. The molecule has 1 aromatic heterocycles. The summed E-state index contributed by atoms with van der Waals surface area (Å²) in [4.78, 5) is 22.3. The quantitative estimate of drug-likeness (QED) is 0.742. The minimum atomic E-state index is -0.889. The lowest BCUT2D eigenvalue weighted by atomic mass is 10.1. The highest BCUT2D eigenvalue weighted by molar-refractivity contribution is 5.77. The van der Waals surface area contributed by atoms with E-state index in [0.29, 0.717) is 19.3 Å². The van der Waals surface area contributed by atoms with Crippen LogP contribution >= 0.6 is 0 Å². The van der Waals surface area contributed by atoms with Gasteiger partial charge in [-0.15, -0.1) is 0 Å². The number of hydrogen-bond acceptors (Lipinski definition) is 3. The van der Waals surface area contributed by atoms with Crippen molar-refractivity contribution in [2.24, 2.45) is 0 Å². The Morgan fingerprint density at radius 1 is 1.50 bits per heavy atom. The largest absolute Gasteiger partial charge is 0.481 e. The van der Waals surface area contributed by atoms with E-state index in [9.17, 15) is 9.59 Å². The fraction of sp³-hybridized carbons (Fsp3) is 0.538. The Kier molecular flexibility index (Phi) is 5.97. The lowest BCUT2D eigenvalue weighted by Gasteiger charge is -2.15. The second kappa shape index (κ2) is 7.53. The van der Waals surface area contributed by atoms with Crippen LogP contribution in [0, 0.1) is 0 Å². The Bertz CT molecular complexity index is 372. The summed E-state index contributed by atoms with van der Waals surface area (Å²) >= 11 is 0. The van der Waals surface area contributed by atoms with Crippen molar-refractivity contribution in [1.82, 2.24) is 5.32 Å². The monoisotopic (exact) mass is 253 g/mol. The molecule has 1 rings (SSSR count). The van der Waals surface area contributed by atoms with E-state index in [2.05, 4.69) is 5.32 Å². The van der Waals surface area contributed by atoms with Crippen molar-refractivity contribution < 1.29 is 19.1 Å². The molecule has 5 nitrogen and oxygen atoms in total. The van der Waals surface area contributed by atoms with Crippen LogP contribution in [0.15, 0.2) is 22.8 Å². The third kappa shape index (κ3) is 5.52. The van der Waals surface area contributed by atoms with Gasteiger partial charge in [0.05, 0.1) is 12.7 Å². The molecule has 2 N–H and O–H groups in total. The van der Waals surface area contributed by atoms with Gasteiger partial charge in [-0.25, -0.2) is 0 Å². The number of nitrogens with one attached hydrogen (secondary N) is 1. The van der Waals surface area contributed by atoms with Gasteiger partial charge >= 0.3 is 5.97 Å². The first-order valence-electron chi connectivity index (χ1n) is 6.15. The number of carboxylic acids is 1. The van der Waals surface area contributed by atoms with Gasteiger partial charge in [-0.2, -0.15) is 0 Å². The number of carbonyl (C=O) groups excluding carboxylic acids is 1. The topological polar surface area (TPSA) is 79.5 Å². The molecule has 5 heteroatoms. The zero-order valence-corrected chi connectivity index (χ0v) is 10.5. The molecule has 1 amide bonds. The second-order valence-electron chi connectivity index (χ2n) is 4.23. The summed E-state index contributed by atoms with van der Waals surface area (Å²) in [7, 11) is 0. The molecule has 100 valence electrons. The maximum absolute atomic E-state index is 11.7. The van der Waals surface area contributed by atoms with Crippen molar-refractivity contribution in [2.75, 3.05) is 0 Å². The van der Waals surface area contributed by atoms with Crippen LogP contribution in [0.3, 0.4) is 0 Å². The lowest BCUT2D eigenvalue weighted by Crippen LogP contribution is -2.36. The smallest absolute Gasteiger partial charge is 0.305 e. The lowest BCUT2D eigenvalue weighted by molar-refractivity contribution is -0.137. The van der Waals surface area contributed by atoms with Crippen molar-refractivity contribution >= 4 is 11.9 Å². The number of carbonyl (C=O) groups is 2. The summed E-state index contributed by atoms with van der Waals surface area (Å²) in [5.74, 6) is -0.263. The molecule has 0 aromatic carbocycles. The minimum Gasteiger partial charge on any atom is -0.481 e. The normalized spacial score (nSPS) is 12.1. The maximum atomic E-state index is 11.7. The number of furan rings is 1. The van der Waals surface area contributed by atoms with Crippen LogP contribution in [-0.4, -0.2) is 23.0 Å². The van der Waals surface area contributed by atoms with Gasteiger partial charge in [0.15, 0.2) is 0 Å².